The lowest BCUT2D eigenvalue weighted by Crippen LogP contribution is -2.07. The highest BCUT2D eigenvalue weighted by molar-refractivity contribution is 6.30. The standard InChI is InChI=1S/C9H10ClF3O2/c1-8(2)4(6(8)7(14)15)3-5(10)9(11,12)13/h3-4,6H,1-2H3,(H,14,15)/t4-,6-/m1/s1. The highest BCUT2D eigenvalue weighted by Gasteiger charge is 2.61. The summed E-state index contributed by atoms with van der Waals surface area (Å²) in [4.78, 5) is 10.7. The Balaban J connectivity index is 2.83. The number of carboxylic acid groups (broad SMARTS) is 1. The molecule has 0 saturated heterocycles. The monoisotopic (exact) mass is 242 g/mol. The van der Waals surface area contributed by atoms with Crippen LogP contribution in [0, 0.1) is 17.3 Å². The molecule has 0 heterocycles. The van der Waals surface area contributed by atoms with E-state index < -0.39 is 34.4 Å². The molecule has 1 N–H and O–H groups in total. The van der Waals surface area contributed by atoms with Gasteiger partial charge < -0.3 is 5.11 Å². The fourth-order valence-corrected chi connectivity index (χ4v) is 1.85. The first-order chi connectivity index (χ1) is 6.58. The van der Waals surface area contributed by atoms with Gasteiger partial charge in [-0.3, -0.25) is 4.79 Å². The molecule has 1 aliphatic rings. The van der Waals surface area contributed by atoms with Gasteiger partial charge in [0.15, 0.2) is 0 Å². The van der Waals surface area contributed by atoms with Crippen molar-refractivity contribution in [2.45, 2.75) is 20.0 Å². The number of carboxylic acids is 1. The minimum Gasteiger partial charge on any atom is -0.481 e. The summed E-state index contributed by atoms with van der Waals surface area (Å²) in [5.41, 5.74) is -0.656. The van der Waals surface area contributed by atoms with Crippen molar-refractivity contribution in [2.24, 2.45) is 17.3 Å². The van der Waals surface area contributed by atoms with Crippen LogP contribution in [0.3, 0.4) is 0 Å². The predicted molar refractivity (Wildman–Crippen MR) is 48.4 cm³/mol. The van der Waals surface area contributed by atoms with Gasteiger partial charge in [0, 0.05) is 0 Å². The van der Waals surface area contributed by atoms with Gasteiger partial charge in [0.05, 0.1) is 5.92 Å². The zero-order valence-corrected chi connectivity index (χ0v) is 8.86. The molecule has 6 heteroatoms. The van der Waals surface area contributed by atoms with Crippen molar-refractivity contribution in [1.29, 1.82) is 0 Å². The Morgan fingerprint density at radius 2 is 1.93 bits per heavy atom. The van der Waals surface area contributed by atoms with Gasteiger partial charge in [0.2, 0.25) is 0 Å². The van der Waals surface area contributed by atoms with Gasteiger partial charge in [0.1, 0.15) is 5.03 Å². The number of hydrogen-bond donors (Lipinski definition) is 1. The molecule has 0 aromatic carbocycles. The first kappa shape index (κ1) is 12.4. The molecule has 0 bridgehead atoms. The molecular weight excluding hydrogens is 233 g/mol. The molecule has 2 atom stereocenters. The van der Waals surface area contributed by atoms with Gasteiger partial charge in [-0.25, -0.2) is 0 Å². The molecule has 0 spiro atoms. The summed E-state index contributed by atoms with van der Waals surface area (Å²) < 4.78 is 36.2. The maximum Gasteiger partial charge on any atom is 0.426 e. The summed E-state index contributed by atoms with van der Waals surface area (Å²) in [6.07, 6.45) is -3.80. The average molecular weight is 243 g/mol. The Kier molecular flexibility index (Phi) is 2.80. The van der Waals surface area contributed by atoms with E-state index in [0.29, 0.717) is 0 Å². The number of hydrogen-bond acceptors (Lipinski definition) is 1. The van der Waals surface area contributed by atoms with Crippen LogP contribution in [-0.2, 0) is 4.79 Å². The summed E-state index contributed by atoms with van der Waals surface area (Å²) in [6, 6.07) is 0. The van der Waals surface area contributed by atoms with Crippen LogP contribution in [0.4, 0.5) is 13.2 Å². The number of allylic oxidation sites excluding steroid dienone is 2. The zero-order valence-electron chi connectivity index (χ0n) is 8.10. The minimum absolute atomic E-state index is 0.649. The second-order valence-electron chi connectivity index (χ2n) is 4.18. The first-order valence-electron chi connectivity index (χ1n) is 4.26. The summed E-state index contributed by atoms with van der Waals surface area (Å²) in [5.74, 6) is -2.52. The fourth-order valence-electron chi connectivity index (χ4n) is 1.71. The van der Waals surface area contributed by atoms with Crippen LogP contribution in [0.15, 0.2) is 11.1 Å². The highest BCUT2D eigenvalue weighted by Crippen LogP contribution is 2.60. The molecule has 1 fully saturated rings. The molecule has 0 aromatic heterocycles. The smallest absolute Gasteiger partial charge is 0.426 e. The van der Waals surface area contributed by atoms with Crippen molar-refractivity contribution in [3.05, 3.63) is 11.1 Å². The Bertz CT molecular complexity index is 320. The topological polar surface area (TPSA) is 37.3 Å². The molecule has 86 valence electrons. The predicted octanol–water partition coefficient (Wildman–Crippen LogP) is 3.03. The normalized spacial score (nSPS) is 30.1. The molecule has 0 aromatic rings. The first-order valence-corrected chi connectivity index (χ1v) is 4.63. The number of aliphatic carboxylic acids is 1. The number of alkyl halides is 3. The van der Waals surface area contributed by atoms with Crippen molar-refractivity contribution < 1.29 is 23.1 Å². The van der Waals surface area contributed by atoms with E-state index in [-0.39, 0.29) is 0 Å². The molecule has 1 saturated carbocycles. The highest BCUT2D eigenvalue weighted by atomic mass is 35.5. The Morgan fingerprint density at radius 1 is 1.47 bits per heavy atom. The maximum atomic E-state index is 12.1. The van der Waals surface area contributed by atoms with Crippen LogP contribution < -0.4 is 0 Å². The van der Waals surface area contributed by atoms with E-state index >= 15 is 0 Å². The van der Waals surface area contributed by atoms with Crippen LogP contribution in [0.5, 0.6) is 0 Å². The Morgan fingerprint density at radius 3 is 2.20 bits per heavy atom. The third-order valence-corrected chi connectivity index (χ3v) is 3.11. The van der Waals surface area contributed by atoms with Gasteiger partial charge in [-0.1, -0.05) is 31.5 Å². The molecule has 0 amide bonds. The van der Waals surface area contributed by atoms with Crippen molar-refractivity contribution in [1.82, 2.24) is 0 Å². The third-order valence-electron chi connectivity index (χ3n) is 2.77. The van der Waals surface area contributed by atoms with E-state index in [0.717, 1.165) is 6.08 Å². The van der Waals surface area contributed by atoms with Crippen molar-refractivity contribution in [3.63, 3.8) is 0 Å². The van der Waals surface area contributed by atoms with Crippen LogP contribution in [0.25, 0.3) is 0 Å². The van der Waals surface area contributed by atoms with Crippen molar-refractivity contribution in [2.75, 3.05) is 0 Å². The summed E-state index contributed by atoms with van der Waals surface area (Å²) in [6.45, 7) is 3.21. The van der Waals surface area contributed by atoms with Crippen LogP contribution in [0.2, 0.25) is 0 Å². The molecular formula is C9H10ClF3O2. The Hall–Kier alpha value is -0.710. The minimum atomic E-state index is -4.59. The molecule has 2 nitrogen and oxygen atoms in total. The van der Waals surface area contributed by atoms with Gasteiger partial charge >= 0.3 is 12.1 Å². The molecule has 15 heavy (non-hydrogen) atoms. The number of halogens is 4. The average Bonchev–Trinajstić information content (AvgIpc) is 2.50. The number of rotatable bonds is 2. The molecule has 0 aliphatic heterocycles. The molecule has 1 aliphatic carbocycles. The van der Waals surface area contributed by atoms with E-state index in [1.54, 1.807) is 13.8 Å². The van der Waals surface area contributed by atoms with Crippen LogP contribution in [-0.4, -0.2) is 17.3 Å². The second kappa shape index (κ2) is 3.40. The maximum absolute atomic E-state index is 12.1. The lowest BCUT2D eigenvalue weighted by Gasteiger charge is -2.04. The van der Waals surface area contributed by atoms with E-state index in [2.05, 4.69) is 0 Å². The van der Waals surface area contributed by atoms with E-state index in [9.17, 15) is 18.0 Å². The largest absolute Gasteiger partial charge is 0.481 e. The lowest BCUT2D eigenvalue weighted by atomic mass is 10.1. The van der Waals surface area contributed by atoms with Gasteiger partial charge in [0.25, 0.3) is 0 Å². The molecule has 0 radical (unpaired) electrons. The third kappa shape index (κ3) is 2.27. The Labute approximate surface area is 89.7 Å². The van der Waals surface area contributed by atoms with Gasteiger partial charge in [-0.2, -0.15) is 13.2 Å². The molecule has 0 unspecified atom stereocenters. The number of carbonyl (C=O) groups is 1. The van der Waals surface area contributed by atoms with Crippen LogP contribution in [0.1, 0.15) is 13.8 Å². The molecule has 1 rings (SSSR count). The van der Waals surface area contributed by atoms with Crippen LogP contribution >= 0.6 is 11.6 Å². The zero-order chi connectivity index (χ0) is 12.0. The van der Waals surface area contributed by atoms with Gasteiger partial charge in [-0.15, -0.1) is 0 Å². The fraction of sp³-hybridized carbons (Fsp3) is 0.667. The second-order valence-corrected chi connectivity index (χ2v) is 4.58. The van der Waals surface area contributed by atoms with Crippen molar-refractivity contribution in [3.8, 4) is 0 Å². The van der Waals surface area contributed by atoms with E-state index in [1.807, 2.05) is 0 Å². The van der Waals surface area contributed by atoms with Gasteiger partial charge in [-0.05, 0) is 11.3 Å². The summed E-state index contributed by atoms with van der Waals surface area (Å²) >= 11 is 5.03. The SMILES string of the molecule is CC1(C)[C@H](C=C(Cl)C(F)(F)F)[C@@H]1C(=O)O. The van der Waals surface area contributed by atoms with E-state index in [4.69, 9.17) is 16.7 Å². The van der Waals surface area contributed by atoms with Crippen molar-refractivity contribution >= 4 is 17.6 Å². The lowest BCUT2D eigenvalue weighted by molar-refractivity contribution is -0.139. The summed E-state index contributed by atoms with van der Waals surface area (Å²) in [7, 11) is 0. The van der Waals surface area contributed by atoms with E-state index in [1.165, 1.54) is 0 Å². The quantitative estimate of drug-likeness (QED) is 0.808. The summed E-state index contributed by atoms with van der Waals surface area (Å²) in [5, 5.41) is 7.48.